The second kappa shape index (κ2) is 17.6. The van der Waals surface area contributed by atoms with E-state index in [0.29, 0.717) is 58.3 Å². The number of anilines is 1. The molecule has 0 heterocycles. The number of rotatable bonds is 16. The Balaban J connectivity index is 1.54. The zero-order chi connectivity index (χ0) is 30.2. The van der Waals surface area contributed by atoms with Crippen molar-refractivity contribution in [2.24, 2.45) is 5.11 Å². The molecule has 2 aromatic carbocycles. The number of amides is 1. The number of hydrogen-bond acceptors (Lipinski definition) is 6. The van der Waals surface area contributed by atoms with Crippen LogP contribution in [0, 0.1) is 0 Å². The van der Waals surface area contributed by atoms with Gasteiger partial charge in [-0.2, -0.15) is 0 Å². The molecule has 0 bridgehead atoms. The van der Waals surface area contributed by atoms with Crippen LogP contribution in [0.5, 0.6) is 0 Å². The summed E-state index contributed by atoms with van der Waals surface area (Å²) in [6.07, 6.45) is 8.51. The maximum absolute atomic E-state index is 12.7. The molecule has 1 amide bonds. The van der Waals surface area contributed by atoms with Crippen molar-refractivity contribution in [2.45, 2.75) is 0 Å². The molecule has 0 fully saturated rings. The van der Waals surface area contributed by atoms with E-state index in [1.807, 2.05) is 52.5 Å². The number of hydrogen-bond donors (Lipinski definition) is 1. The lowest BCUT2D eigenvalue weighted by Gasteiger charge is -2.17. The zero-order valence-corrected chi connectivity index (χ0v) is 25.0. The Morgan fingerprint density at radius 1 is 0.810 bits per heavy atom. The predicted molar refractivity (Wildman–Crippen MR) is 167 cm³/mol. The quantitative estimate of drug-likeness (QED) is 0.105. The Hall–Kier alpha value is -4.21. The van der Waals surface area contributed by atoms with Crippen LogP contribution in [0.3, 0.4) is 0 Å². The van der Waals surface area contributed by atoms with E-state index in [-0.39, 0.29) is 5.91 Å². The highest BCUT2D eigenvalue weighted by Gasteiger charge is 2.14. The van der Waals surface area contributed by atoms with Crippen molar-refractivity contribution in [2.75, 3.05) is 85.8 Å². The van der Waals surface area contributed by atoms with Crippen LogP contribution in [0.25, 0.3) is 16.0 Å². The highest BCUT2D eigenvalue weighted by molar-refractivity contribution is 6.04. The van der Waals surface area contributed by atoms with Crippen molar-refractivity contribution in [1.82, 2.24) is 5.32 Å². The SMILES string of the molecule is CN(C)c1ccc(C(=C2C=CC(=[N+](C)C)C=C2)c2ccc(C(=O)NCCOCCOCCOCCN=[N+]=[N-])cc2)cc1. The van der Waals surface area contributed by atoms with Crippen LogP contribution in [0.4, 0.5) is 5.69 Å². The topological polar surface area (TPSA) is 112 Å². The minimum Gasteiger partial charge on any atom is -0.379 e. The van der Waals surface area contributed by atoms with E-state index in [4.69, 9.17) is 19.7 Å². The molecule has 10 heteroatoms. The number of nitrogens with zero attached hydrogens (tertiary/aromatic N) is 5. The molecule has 42 heavy (non-hydrogen) atoms. The Kier molecular flexibility index (Phi) is 13.5. The van der Waals surface area contributed by atoms with Crippen LogP contribution in [0.15, 0.2) is 83.5 Å². The van der Waals surface area contributed by atoms with E-state index < -0.39 is 0 Å². The molecule has 1 aliphatic rings. The summed E-state index contributed by atoms with van der Waals surface area (Å²) >= 11 is 0. The van der Waals surface area contributed by atoms with Crippen molar-refractivity contribution in [3.8, 4) is 0 Å². The Labute approximate surface area is 248 Å². The van der Waals surface area contributed by atoms with Crippen molar-refractivity contribution in [3.63, 3.8) is 0 Å². The van der Waals surface area contributed by atoms with Gasteiger partial charge in [0.2, 0.25) is 0 Å². The second-order valence-electron chi connectivity index (χ2n) is 9.88. The fourth-order valence-corrected chi connectivity index (χ4v) is 4.17. The van der Waals surface area contributed by atoms with Crippen LogP contribution in [0.1, 0.15) is 21.5 Å². The first-order valence-corrected chi connectivity index (χ1v) is 14.0. The number of azide groups is 1. The molecule has 0 radical (unpaired) electrons. The largest absolute Gasteiger partial charge is 0.379 e. The lowest BCUT2D eigenvalue weighted by Crippen LogP contribution is -2.27. The van der Waals surface area contributed by atoms with Crippen molar-refractivity contribution >= 4 is 22.9 Å². The van der Waals surface area contributed by atoms with Crippen LogP contribution < -0.4 is 10.2 Å². The second-order valence-corrected chi connectivity index (χ2v) is 9.88. The molecule has 0 aliphatic heterocycles. The van der Waals surface area contributed by atoms with E-state index in [1.165, 1.54) is 0 Å². The molecule has 0 saturated carbocycles. The van der Waals surface area contributed by atoms with Gasteiger partial charge < -0.3 is 24.4 Å². The summed E-state index contributed by atoms with van der Waals surface area (Å²) < 4.78 is 18.3. The smallest absolute Gasteiger partial charge is 0.251 e. The molecule has 10 nitrogen and oxygen atoms in total. The number of benzene rings is 2. The molecule has 0 atom stereocenters. The summed E-state index contributed by atoms with van der Waals surface area (Å²) in [5.41, 5.74) is 15.4. The highest BCUT2D eigenvalue weighted by Crippen LogP contribution is 2.31. The Bertz CT molecular complexity index is 1320. The maximum Gasteiger partial charge on any atom is 0.251 e. The molecule has 222 valence electrons. The van der Waals surface area contributed by atoms with Gasteiger partial charge in [0.05, 0.1) is 39.6 Å². The monoisotopic (exact) mass is 573 g/mol. The maximum atomic E-state index is 12.7. The van der Waals surface area contributed by atoms with E-state index >= 15 is 0 Å². The van der Waals surface area contributed by atoms with Crippen molar-refractivity contribution < 1.29 is 23.6 Å². The van der Waals surface area contributed by atoms with Crippen LogP contribution in [-0.4, -0.2) is 97.1 Å². The number of ether oxygens (including phenoxy) is 3. The van der Waals surface area contributed by atoms with Gasteiger partial charge in [0.1, 0.15) is 14.1 Å². The summed E-state index contributed by atoms with van der Waals surface area (Å²) in [5.74, 6) is -0.147. The highest BCUT2D eigenvalue weighted by atomic mass is 16.5. The van der Waals surface area contributed by atoms with Gasteiger partial charge in [-0.25, -0.2) is 4.58 Å². The minimum absolute atomic E-state index is 0.147. The van der Waals surface area contributed by atoms with Gasteiger partial charge in [0, 0.05) is 55.5 Å². The molecule has 0 aromatic heterocycles. The predicted octanol–water partition coefficient (Wildman–Crippen LogP) is 4.48. The average molecular weight is 574 g/mol. The summed E-state index contributed by atoms with van der Waals surface area (Å²) in [5, 5.41) is 6.29. The molecule has 0 saturated heterocycles. The van der Waals surface area contributed by atoms with Crippen LogP contribution in [0.2, 0.25) is 0 Å². The lowest BCUT2D eigenvalue weighted by molar-refractivity contribution is -0.462. The zero-order valence-electron chi connectivity index (χ0n) is 25.0. The molecule has 0 spiro atoms. The normalized spacial score (nSPS) is 12.2. The standard InChI is InChI=1S/C32H40N6O4/c1-37(2)29-13-9-26(10-14-29)31(27-11-15-30(16-12-27)38(3)4)25-5-7-28(8-6-25)32(39)34-17-19-40-21-23-42-24-22-41-20-18-35-36-33/h5-16H,17-24H2,1-4H3/p+1. The minimum atomic E-state index is -0.147. The first kappa shape index (κ1) is 32.3. The molecule has 0 unspecified atom stereocenters. The van der Waals surface area contributed by atoms with Gasteiger partial charge in [-0.15, -0.1) is 0 Å². The first-order chi connectivity index (χ1) is 20.4. The molecular weight excluding hydrogens is 532 g/mol. The van der Waals surface area contributed by atoms with E-state index in [1.54, 1.807) is 0 Å². The van der Waals surface area contributed by atoms with Gasteiger partial charge >= 0.3 is 0 Å². The number of carbonyl (C=O) groups excluding carboxylic acids is 1. The van der Waals surface area contributed by atoms with Crippen molar-refractivity contribution in [1.29, 1.82) is 0 Å². The number of nitrogens with one attached hydrogen (secondary N) is 1. The lowest BCUT2D eigenvalue weighted by atomic mass is 9.90. The fourth-order valence-electron chi connectivity index (χ4n) is 4.17. The summed E-state index contributed by atoms with van der Waals surface area (Å²) in [4.78, 5) is 17.5. The summed E-state index contributed by atoms with van der Waals surface area (Å²) in [7, 11) is 8.12. The van der Waals surface area contributed by atoms with Gasteiger partial charge in [-0.05, 0) is 64.2 Å². The third-order valence-electron chi connectivity index (χ3n) is 6.46. The third-order valence-corrected chi connectivity index (χ3v) is 6.46. The summed E-state index contributed by atoms with van der Waals surface area (Å²) in [6, 6.07) is 16.2. The third kappa shape index (κ3) is 10.3. The van der Waals surface area contributed by atoms with Gasteiger partial charge in [0.25, 0.3) is 5.91 Å². The fraction of sp³-hybridized carbons (Fsp3) is 0.375. The molecule has 3 rings (SSSR count). The summed E-state index contributed by atoms with van der Waals surface area (Å²) in [6.45, 7) is 3.20. The van der Waals surface area contributed by atoms with Gasteiger partial charge in [0.15, 0.2) is 5.71 Å². The molecule has 2 aromatic rings. The van der Waals surface area contributed by atoms with E-state index in [0.717, 1.165) is 33.7 Å². The first-order valence-electron chi connectivity index (χ1n) is 14.0. The number of carbonyl (C=O) groups is 1. The Morgan fingerprint density at radius 3 is 1.88 bits per heavy atom. The van der Waals surface area contributed by atoms with Gasteiger partial charge in [-0.1, -0.05) is 29.4 Å². The van der Waals surface area contributed by atoms with Crippen molar-refractivity contribution in [3.05, 3.63) is 106 Å². The van der Waals surface area contributed by atoms with E-state index in [9.17, 15) is 4.79 Å². The van der Waals surface area contributed by atoms with Crippen LogP contribution >= 0.6 is 0 Å². The molecule has 1 aliphatic carbocycles. The Morgan fingerprint density at radius 2 is 1.33 bits per heavy atom. The van der Waals surface area contributed by atoms with E-state index in [2.05, 4.69) is 73.4 Å². The number of allylic oxidation sites excluding steroid dienone is 5. The molecular formula is C32H41N6O4+. The average Bonchev–Trinajstić information content (AvgIpc) is 3.00. The van der Waals surface area contributed by atoms with Crippen LogP contribution in [-0.2, 0) is 14.2 Å². The molecule has 1 N–H and O–H groups in total. The van der Waals surface area contributed by atoms with Gasteiger partial charge in [-0.3, -0.25) is 4.79 Å².